The molecule has 2 N–H and O–H groups in total. The molecule has 1 unspecified atom stereocenters. The normalized spacial score (nSPS) is 19.5. The third-order valence-electron chi connectivity index (χ3n) is 4.01. The van der Waals surface area contributed by atoms with Crippen LogP contribution in [-0.4, -0.2) is 34.1 Å². The van der Waals surface area contributed by atoms with Crippen LogP contribution in [0, 0.1) is 13.8 Å². The number of piperidine rings is 1. The molecule has 17 heavy (non-hydrogen) atoms. The van der Waals surface area contributed by atoms with E-state index in [2.05, 4.69) is 30.4 Å². The summed E-state index contributed by atoms with van der Waals surface area (Å²) in [6.45, 7) is 7.19. The number of hydrogen-bond acceptors (Lipinski definition) is 3. The van der Waals surface area contributed by atoms with Gasteiger partial charge in [0.05, 0.1) is 11.7 Å². The highest BCUT2D eigenvalue weighted by Gasteiger charge is 2.25. The van der Waals surface area contributed by atoms with Crippen molar-refractivity contribution in [2.45, 2.75) is 39.2 Å². The van der Waals surface area contributed by atoms with E-state index in [0.29, 0.717) is 12.6 Å². The van der Waals surface area contributed by atoms with Crippen molar-refractivity contribution in [2.24, 2.45) is 12.8 Å². The Kier molecular flexibility index (Phi) is 3.84. The molecule has 0 bridgehead atoms. The Morgan fingerprint density at radius 3 is 2.35 bits per heavy atom. The molecule has 0 aliphatic carbocycles. The summed E-state index contributed by atoms with van der Waals surface area (Å²) in [6, 6.07) is 0.301. The number of hydrogen-bond donors (Lipinski definition) is 1. The van der Waals surface area contributed by atoms with Crippen molar-refractivity contribution >= 4 is 0 Å². The summed E-state index contributed by atoms with van der Waals surface area (Å²) >= 11 is 0. The predicted molar refractivity (Wildman–Crippen MR) is 69.9 cm³/mol. The molecule has 0 amide bonds. The summed E-state index contributed by atoms with van der Waals surface area (Å²) in [5, 5.41) is 0. The van der Waals surface area contributed by atoms with E-state index in [-0.39, 0.29) is 0 Å². The first-order valence-electron chi connectivity index (χ1n) is 6.59. The minimum absolute atomic E-state index is 0.301. The summed E-state index contributed by atoms with van der Waals surface area (Å²) in [5.41, 5.74) is 8.40. The molecule has 1 saturated heterocycles. The highest BCUT2D eigenvalue weighted by atomic mass is 15.2. The molecule has 2 heterocycles. The lowest BCUT2D eigenvalue weighted by Crippen LogP contribution is -2.38. The zero-order valence-corrected chi connectivity index (χ0v) is 11.2. The standard InChI is InChI=1S/C13H24N4/c1-10-13(15-11(2)16(10)3)12(9-14)17-7-5-4-6-8-17/h12H,4-9,14H2,1-3H3. The van der Waals surface area contributed by atoms with Gasteiger partial charge >= 0.3 is 0 Å². The Morgan fingerprint density at radius 2 is 1.88 bits per heavy atom. The Balaban J connectivity index is 2.24. The van der Waals surface area contributed by atoms with Gasteiger partial charge in [0.1, 0.15) is 5.82 Å². The molecule has 0 spiro atoms. The smallest absolute Gasteiger partial charge is 0.105 e. The van der Waals surface area contributed by atoms with E-state index >= 15 is 0 Å². The van der Waals surface area contributed by atoms with Crippen LogP contribution < -0.4 is 5.73 Å². The summed E-state index contributed by atoms with van der Waals surface area (Å²) in [7, 11) is 2.07. The van der Waals surface area contributed by atoms with Crippen LogP contribution in [0.25, 0.3) is 0 Å². The van der Waals surface area contributed by atoms with Crippen LogP contribution in [0.15, 0.2) is 0 Å². The third kappa shape index (κ3) is 2.38. The number of likely N-dealkylation sites (tertiary alicyclic amines) is 1. The van der Waals surface area contributed by atoms with Gasteiger partial charge in [-0.15, -0.1) is 0 Å². The predicted octanol–water partition coefficient (Wildman–Crippen LogP) is 1.52. The van der Waals surface area contributed by atoms with Crippen LogP contribution in [0.4, 0.5) is 0 Å². The van der Waals surface area contributed by atoms with Crippen molar-refractivity contribution in [1.82, 2.24) is 14.5 Å². The molecule has 4 nitrogen and oxygen atoms in total. The number of nitrogens with two attached hydrogens (primary N) is 1. The lowest BCUT2D eigenvalue weighted by molar-refractivity contribution is 0.164. The van der Waals surface area contributed by atoms with Crippen LogP contribution in [-0.2, 0) is 7.05 Å². The van der Waals surface area contributed by atoms with E-state index in [1.165, 1.54) is 30.7 Å². The van der Waals surface area contributed by atoms with E-state index < -0.39 is 0 Å². The monoisotopic (exact) mass is 236 g/mol. The van der Waals surface area contributed by atoms with Crippen molar-refractivity contribution in [1.29, 1.82) is 0 Å². The lowest BCUT2D eigenvalue weighted by atomic mass is 10.1. The molecule has 1 aromatic rings. The molecule has 1 aromatic heterocycles. The lowest BCUT2D eigenvalue weighted by Gasteiger charge is -2.33. The van der Waals surface area contributed by atoms with E-state index in [9.17, 15) is 0 Å². The SMILES string of the molecule is Cc1nc(C(CN)N2CCCCC2)c(C)n1C. The van der Waals surface area contributed by atoms with Gasteiger partial charge in [-0.3, -0.25) is 4.90 Å². The van der Waals surface area contributed by atoms with E-state index in [1.54, 1.807) is 0 Å². The summed E-state index contributed by atoms with van der Waals surface area (Å²) in [4.78, 5) is 7.20. The zero-order chi connectivity index (χ0) is 12.4. The first-order valence-corrected chi connectivity index (χ1v) is 6.59. The van der Waals surface area contributed by atoms with Crippen LogP contribution >= 0.6 is 0 Å². The van der Waals surface area contributed by atoms with Crippen LogP contribution in [0.2, 0.25) is 0 Å². The Morgan fingerprint density at radius 1 is 1.24 bits per heavy atom. The molecule has 0 radical (unpaired) electrons. The molecule has 0 aromatic carbocycles. The van der Waals surface area contributed by atoms with Gasteiger partial charge in [0.2, 0.25) is 0 Å². The molecule has 0 saturated carbocycles. The van der Waals surface area contributed by atoms with Gasteiger partial charge in [-0.05, 0) is 39.8 Å². The Bertz CT molecular complexity index is 377. The van der Waals surface area contributed by atoms with Crippen molar-refractivity contribution in [2.75, 3.05) is 19.6 Å². The maximum absolute atomic E-state index is 5.97. The van der Waals surface area contributed by atoms with Gasteiger partial charge in [-0.1, -0.05) is 6.42 Å². The van der Waals surface area contributed by atoms with E-state index in [0.717, 1.165) is 18.9 Å². The number of aromatic nitrogens is 2. The molecular formula is C13H24N4. The topological polar surface area (TPSA) is 47.1 Å². The van der Waals surface area contributed by atoms with Crippen molar-refractivity contribution < 1.29 is 0 Å². The second kappa shape index (κ2) is 5.19. The maximum Gasteiger partial charge on any atom is 0.105 e. The average molecular weight is 236 g/mol. The fraction of sp³-hybridized carbons (Fsp3) is 0.769. The first kappa shape index (κ1) is 12.6. The third-order valence-corrected chi connectivity index (χ3v) is 4.01. The number of nitrogens with zero attached hydrogens (tertiary/aromatic N) is 3. The number of rotatable bonds is 3. The van der Waals surface area contributed by atoms with Crippen LogP contribution in [0.5, 0.6) is 0 Å². The number of aryl methyl sites for hydroxylation is 1. The molecule has 1 aliphatic rings. The minimum atomic E-state index is 0.301. The van der Waals surface area contributed by atoms with Gasteiger partial charge < -0.3 is 10.3 Å². The summed E-state index contributed by atoms with van der Waals surface area (Å²) < 4.78 is 2.15. The second-order valence-corrected chi connectivity index (χ2v) is 5.04. The molecule has 1 fully saturated rings. The highest BCUT2D eigenvalue weighted by molar-refractivity contribution is 5.19. The fourth-order valence-corrected chi connectivity index (χ4v) is 2.72. The van der Waals surface area contributed by atoms with Crippen molar-refractivity contribution in [3.8, 4) is 0 Å². The van der Waals surface area contributed by atoms with E-state index in [4.69, 9.17) is 10.7 Å². The second-order valence-electron chi connectivity index (χ2n) is 5.04. The largest absolute Gasteiger partial charge is 0.335 e. The fourth-order valence-electron chi connectivity index (χ4n) is 2.72. The molecule has 2 rings (SSSR count). The summed E-state index contributed by atoms with van der Waals surface area (Å²) in [5.74, 6) is 1.08. The molecule has 1 atom stereocenters. The molecular weight excluding hydrogens is 212 g/mol. The molecule has 1 aliphatic heterocycles. The quantitative estimate of drug-likeness (QED) is 0.865. The average Bonchev–Trinajstić information content (AvgIpc) is 2.60. The number of imidazole rings is 1. The Hall–Kier alpha value is -0.870. The van der Waals surface area contributed by atoms with Gasteiger partial charge in [-0.2, -0.15) is 0 Å². The zero-order valence-electron chi connectivity index (χ0n) is 11.2. The van der Waals surface area contributed by atoms with Crippen molar-refractivity contribution in [3.05, 3.63) is 17.2 Å². The summed E-state index contributed by atoms with van der Waals surface area (Å²) in [6.07, 6.45) is 3.94. The van der Waals surface area contributed by atoms with Crippen molar-refractivity contribution in [3.63, 3.8) is 0 Å². The van der Waals surface area contributed by atoms with Crippen LogP contribution in [0.1, 0.15) is 42.5 Å². The van der Waals surface area contributed by atoms with Gasteiger partial charge in [0, 0.05) is 19.3 Å². The maximum atomic E-state index is 5.97. The first-order chi connectivity index (χ1) is 8.15. The van der Waals surface area contributed by atoms with Gasteiger partial charge in [0.15, 0.2) is 0 Å². The Labute approximate surface area is 104 Å². The molecule has 96 valence electrons. The molecule has 4 heteroatoms. The van der Waals surface area contributed by atoms with Gasteiger partial charge in [0.25, 0.3) is 0 Å². The minimum Gasteiger partial charge on any atom is -0.335 e. The van der Waals surface area contributed by atoms with Crippen LogP contribution in [0.3, 0.4) is 0 Å². The highest BCUT2D eigenvalue weighted by Crippen LogP contribution is 2.25. The van der Waals surface area contributed by atoms with E-state index in [1.807, 2.05) is 0 Å². The van der Waals surface area contributed by atoms with Gasteiger partial charge in [-0.25, -0.2) is 4.98 Å².